The van der Waals surface area contributed by atoms with Gasteiger partial charge in [-0.2, -0.15) is 0 Å². The zero-order valence-electron chi connectivity index (χ0n) is 13.9. The molecule has 0 radical (unpaired) electrons. The van der Waals surface area contributed by atoms with Crippen molar-refractivity contribution >= 4 is 17.5 Å². The summed E-state index contributed by atoms with van der Waals surface area (Å²) < 4.78 is 10.5. The standard InChI is InChI=1S/C17H22N2O4/c1-6-17(7-2)15(20)18-19(16(17)21)11(3)12-8-9-13(22-4)14(10-12)23-5/h8-10H,3,6-7H2,1-2,4-5H3,(H,18,20). The summed E-state index contributed by atoms with van der Waals surface area (Å²) in [6.45, 7) is 7.62. The van der Waals surface area contributed by atoms with E-state index in [0.717, 1.165) is 0 Å². The van der Waals surface area contributed by atoms with Gasteiger partial charge in [-0.25, -0.2) is 5.01 Å². The second kappa shape index (κ2) is 6.32. The first kappa shape index (κ1) is 16.9. The molecule has 124 valence electrons. The summed E-state index contributed by atoms with van der Waals surface area (Å²) in [5.74, 6) is 0.556. The number of rotatable bonds is 6. The molecule has 1 aromatic carbocycles. The maximum absolute atomic E-state index is 12.7. The molecule has 0 bridgehead atoms. The van der Waals surface area contributed by atoms with Gasteiger partial charge in [0.1, 0.15) is 5.41 Å². The second-order valence-corrected chi connectivity index (χ2v) is 5.39. The molecule has 6 heteroatoms. The van der Waals surface area contributed by atoms with Gasteiger partial charge < -0.3 is 9.47 Å². The van der Waals surface area contributed by atoms with E-state index in [1.165, 1.54) is 12.1 Å². The summed E-state index contributed by atoms with van der Waals surface area (Å²) in [6.07, 6.45) is 0.897. The highest BCUT2D eigenvalue weighted by Gasteiger charge is 2.52. The van der Waals surface area contributed by atoms with E-state index in [-0.39, 0.29) is 11.8 Å². The fourth-order valence-electron chi connectivity index (χ4n) is 2.78. The van der Waals surface area contributed by atoms with Crippen LogP contribution >= 0.6 is 0 Å². The van der Waals surface area contributed by atoms with Gasteiger partial charge in [-0.3, -0.25) is 15.0 Å². The van der Waals surface area contributed by atoms with Crippen LogP contribution in [-0.4, -0.2) is 31.0 Å². The molecule has 0 aromatic heterocycles. The Balaban J connectivity index is 2.35. The number of amides is 2. The van der Waals surface area contributed by atoms with Crippen molar-refractivity contribution < 1.29 is 19.1 Å². The van der Waals surface area contributed by atoms with Crippen molar-refractivity contribution in [3.8, 4) is 11.5 Å². The number of carbonyl (C=O) groups excluding carboxylic acids is 2. The summed E-state index contributed by atoms with van der Waals surface area (Å²) in [5, 5.41) is 1.23. The summed E-state index contributed by atoms with van der Waals surface area (Å²) >= 11 is 0. The predicted octanol–water partition coefficient (Wildman–Crippen LogP) is 2.35. The van der Waals surface area contributed by atoms with Gasteiger partial charge in [-0.1, -0.05) is 20.4 Å². The van der Waals surface area contributed by atoms with Crippen molar-refractivity contribution in [2.24, 2.45) is 5.41 Å². The molecule has 1 aliphatic rings. The predicted molar refractivity (Wildman–Crippen MR) is 86.6 cm³/mol. The minimum Gasteiger partial charge on any atom is -0.493 e. The van der Waals surface area contributed by atoms with Crippen molar-refractivity contribution in [1.29, 1.82) is 0 Å². The molecule has 1 aromatic rings. The van der Waals surface area contributed by atoms with E-state index in [9.17, 15) is 9.59 Å². The Morgan fingerprint density at radius 2 is 1.78 bits per heavy atom. The Labute approximate surface area is 136 Å². The van der Waals surface area contributed by atoms with Crippen molar-refractivity contribution in [2.75, 3.05) is 14.2 Å². The SMILES string of the molecule is C=C(c1ccc(OC)c(OC)c1)N1NC(=O)C(CC)(CC)C1=O. The number of carbonyl (C=O) groups is 2. The monoisotopic (exact) mass is 318 g/mol. The smallest absolute Gasteiger partial charge is 0.261 e. The number of ether oxygens (including phenoxy) is 2. The number of hydrogen-bond acceptors (Lipinski definition) is 4. The van der Waals surface area contributed by atoms with E-state index in [0.29, 0.717) is 35.6 Å². The molecule has 0 aliphatic carbocycles. The van der Waals surface area contributed by atoms with Crippen molar-refractivity contribution in [2.45, 2.75) is 26.7 Å². The van der Waals surface area contributed by atoms with Crippen LogP contribution in [0.15, 0.2) is 24.8 Å². The molecule has 2 rings (SSSR count). The van der Waals surface area contributed by atoms with Crippen molar-refractivity contribution in [3.63, 3.8) is 0 Å². The lowest BCUT2D eigenvalue weighted by atomic mass is 9.81. The fraction of sp³-hybridized carbons (Fsp3) is 0.412. The Bertz CT molecular complexity index is 650. The average molecular weight is 318 g/mol. The molecule has 0 atom stereocenters. The second-order valence-electron chi connectivity index (χ2n) is 5.39. The first-order valence-corrected chi connectivity index (χ1v) is 7.52. The van der Waals surface area contributed by atoms with E-state index < -0.39 is 5.41 Å². The minimum absolute atomic E-state index is 0.271. The fourth-order valence-corrected chi connectivity index (χ4v) is 2.78. The van der Waals surface area contributed by atoms with Crippen LogP contribution in [0.25, 0.3) is 5.70 Å². The van der Waals surface area contributed by atoms with Gasteiger partial charge in [0.15, 0.2) is 11.5 Å². The van der Waals surface area contributed by atoms with Crippen LogP contribution in [0.4, 0.5) is 0 Å². The van der Waals surface area contributed by atoms with Crippen LogP contribution in [0, 0.1) is 5.41 Å². The van der Waals surface area contributed by atoms with E-state index >= 15 is 0 Å². The highest BCUT2D eigenvalue weighted by atomic mass is 16.5. The molecule has 0 saturated carbocycles. The lowest BCUT2D eigenvalue weighted by Crippen LogP contribution is -2.35. The summed E-state index contributed by atoms with van der Waals surface area (Å²) in [5.41, 5.74) is 2.68. The van der Waals surface area contributed by atoms with Crippen LogP contribution < -0.4 is 14.9 Å². The van der Waals surface area contributed by atoms with Crippen molar-refractivity contribution in [3.05, 3.63) is 30.3 Å². The van der Waals surface area contributed by atoms with Crippen LogP contribution in [0.5, 0.6) is 11.5 Å². The van der Waals surface area contributed by atoms with E-state index in [4.69, 9.17) is 9.47 Å². The molecule has 1 heterocycles. The Hall–Kier alpha value is -2.50. The molecule has 1 saturated heterocycles. The quantitative estimate of drug-likeness (QED) is 0.818. The topological polar surface area (TPSA) is 67.9 Å². The molecule has 1 N–H and O–H groups in total. The number of nitrogens with one attached hydrogen (secondary N) is 1. The number of methoxy groups -OCH3 is 2. The minimum atomic E-state index is -1.01. The molecular formula is C17H22N2O4. The van der Waals surface area contributed by atoms with Crippen molar-refractivity contribution in [1.82, 2.24) is 10.4 Å². The molecule has 6 nitrogen and oxygen atoms in total. The maximum atomic E-state index is 12.7. The molecule has 1 aliphatic heterocycles. The first-order chi connectivity index (χ1) is 10.9. The van der Waals surface area contributed by atoms with E-state index in [1.54, 1.807) is 25.3 Å². The molecule has 23 heavy (non-hydrogen) atoms. The van der Waals surface area contributed by atoms with Crippen LogP contribution in [0.3, 0.4) is 0 Å². The zero-order chi connectivity index (χ0) is 17.2. The molecule has 2 amide bonds. The maximum Gasteiger partial charge on any atom is 0.261 e. The normalized spacial score (nSPS) is 16.3. The molecular weight excluding hydrogens is 296 g/mol. The Morgan fingerprint density at radius 3 is 2.26 bits per heavy atom. The van der Waals surface area contributed by atoms with Crippen LogP contribution in [0.2, 0.25) is 0 Å². The third-order valence-corrected chi connectivity index (χ3v) is 4.45. The first-order valence-electron chi connectivity index (χ1n) is 7.52. The number of benzene rings is 1. The molecule has 0 spiro atoms. The van der Waals surface area contributed by atoms with Crippen LogP contribution in [-0.2, 0) is 9.59 Å². The van der Waals surface area contributed by atoms with Gasteiger partial charge in [-0.05, 0) is 31.0 Å². The number of hydrazine groups is 1. The summed E-state index contributed by atoms with van der Waals surface area (Å²) in [4.78, 5) is 25.0. The molecule has 1 fully saturated rings. The zero-order valence-corrected chi connectivity index (χ0v) is 13.9. The Morgan fingerprint density at radius 1 is 1.17 bits per heavy atom. The summed E-state index contributed by atoms with van der Waals surface area (Å²) in [6, 6.07) is 5.22. The summed E-state index contributed by atoms with van der Waals surface area (Å²) in [7, 11) is 3.08. The van der Waals surface area contributed by atoms with Gasteiger partial charge in [0, 0.05) is 5.56 Å². The number of hydrogen-bond donors (Lipinski definition) is 1. The van der Waals surface area contributed by atoms with Gasteiger partial charge in [-0.15, -0.1) is 0 Å². The third-order valence-electron chi connectivity index (χ3n) is 4.45. The average Bonchev–Trinajstić information content (AvgIpc) is 2.84. The number of nitrogens with zero attached hydrogens (tertiary/aromatic N) is 1. The van der Waals surface area contributed by atoms with E-state index in [2.05, 4.69) is 12.0 Å². The lowest BCUT2D eigenvalue weighted by Gasteiger charge is -2.22. The van der Waals surface area contributed by atoms with Gasteiger partial charge in [0.2, 0.25) is 0 Å². The van der Waals surface area contributed by atoms with Gasteiger partial charge >= 0.3 is 0 Å². The van der Waals surface area contributed by atoms with Gasteiger partial charge in [0.05, 0.1) is 19.9 Å². The van der Waals surface area contributed by atoms with Gasteiger partial charge in [0.25, 0.3) is 11.8 Å². The molecule has 0 unspecified atom stereocenters. The lowest BCUT2D eigenvalue weighted by molar-refractivity contribution is -0.138. The Kier molecular flexibility index (Phi) is 4.63. The van der Waals surface area contributed by atoms with E-state index in [1.807, 2.05) is 13.8 Å². The third kappa shape index (κ3) is 2.54. The van der Waals surface area contributed by atoms with Crippen LogP contribution in [0.1, 0.15) is 32.3 Å². The highest BCUT2D eigenvalue weighted by molar-refractivity contribution is 6.12. The largest absolute Gasteiger partial charge is 0.493 e. The highest BCUT2D eigenvalue weighted by Crippen LogP contribution is 2.37.